The van der Waals surface area contributed by atoms with Crippen LogP contribution in [0, 0.1) is 5.92 Å². The van der Waals surface area contributed by atoms with Crippen LogP contribution in [0.15, 0.2) is 84.9 Å². The molecule has 4 aromatic rings. The van der Waals surface area contributed by atoms with Crippen LogP contribution in [0.3, 0.4) is 0 Å². The van der Waals surface area contributed by atoms with Crippen molar-refractivity contribution in [1.29, 1.82) is 0 Å². The van der Waals surface area contributed by atoms with E-state index in [9.17, 15) is 19.5 Å². The Kier molecular flexibility index (Phi) is 11.2. The number of hydrogen-bond donors (Lipinski definition) is 0. The molecule has 0 spiro atoms. The first-order chi connectivity index (χ1) is 23.3. The molecule has 0 saturated carbocycles. The van der Waals surface area contributed by atoms with Gasteiger partial charge >= 0.3 is 41.5 Å². The average Bonchev–Trinajstić information content (AvgIpc) is 3.72. The van der Waals surface area contributed by atoms with Crippen molar-refractivity contribution >= 4 is 17.9 Å². The van der Waals surface area contributed by atoms with Gasteiger partial charge in [0.2, 0.25) is 6.79 Å². The molecule has 6 rings (SSSR count). The van der Waals surface area contributed by atoms with Gasteiger partial charge in [-0.05, 0) is 72.0 Å². The normalized spacial score (nSPS) is 17.7. The van der Waals surface area contributed by atoms with Crippen molar-refractivity contribution in [1.82, 2.24) is 0 Å². The first-order valence-corrected chi connectivity index (χ1v) is 15.4. The van der Waals surface area contributed by atoms with E-state index in [1.807, 2.05) is 19.1 Å². The molecule has 1 heterocycles. The largest absolute Gasteiger partial charge is 1.00 e. The van der Waals surface area contributed by atoms with Crippen LogP contribution in [0.1, 0.15) is 46.0 Å². The second-order valence-corrected chi connectivity index (χ2v) is 11.2. The summed E-state index contributed by atoms with van der Waals surface area (Å²) in [5, 5.41) is 13.2. The van der Waals surface area contributed by atoms with E-state index in [0.717, 1.165) is 12.0 Å². The van der Waals surface area contributed by atoms with Crippen LogP contribution in [-0.2, 0) is 30.9 Å². The average molecular weight is 677 g/mol. The molecule has 0 radical (unpaired) electrons. The Labute approximate surface area is 305 Å². The summed E-state index contributed by atoms with van der Waals surface area (Å²) in [6, 6.07) is 23.6. The van der Waals surface area contributed by atoms with Gasteiger partial charge in [0.15, 0.2) is 11.5 Å². The number of ether oxygens (including phenoxy) is 7. The van der Waals surface area contributed by atoms with Gasteiger partial charge in [-0.25, -0.2) is 9.59 Å². The van der Waals surface area contributed by atoms with Gasteiger partial charge < -0.3 is 43.1 Å². The first-order valence-electron chi connectivity index (χ1n) is 15.4. The number of rotatable bonds is 12. The summed E-state index contributed by atoms with van der Waals surface area (Å²) in [6.07, 6.45) is -0.821. The van der Waals surface area contributed by atoms with E-state index in [2.05, 4.69) is 0 Å². The van der Waals surface area contributed by atoms with Gasteiger partial charge in [0.05, 0.1) is 24.7 Å². The third-order valence-corrected chi connectivity index (χ3v) is 8.49. The van der Waals surface area contributed by atoms with Gasteiger partial charge in [0, 0.05) is 30.6 Å². The summed E-state index contributed by atoms with van der Waals surface area (Å²) in [6.45, 7) is 2.50. The van der Waals surface area contributed by atoms with Crippen LogP contribution in [0.5, 0.6) is 28.7 Å². The van der Waals surface area contributed by atoms with E-state index in [-0.39, 0.29) is 54.1 Å². The van der Waals surface area contributed by atoms with Crippen molar-refractivity contribution in [3.63, 3.8) is 0 Å². The summed E-state index contributed by atoms with van der Waals surface area (Å²) in [4.78, 5) is 39.2. The Hall–Kier alpha value is -4.55. The summed E-state index contributed by atoms with van der Waals surface area (Å²) in [5.74, 6) is -2.51. The van der Waals surface area contributed by atoms with Crippen LogP contribution >= 0.6 is 0 Å². The third kappa shape index (κ3) is 6.84. The van der Waals surface area contributed by atoms with Crippen molar-refractivity contribution in [2.75, 3.05) is 27.6 Å². The van der Waals surface area contributed by atoms with Crippen molar-refractivity contribution in [2.24, 2.45) is 5.92 Å². The molecule has 2 aliphatic rings. The van der Waals surface area contributed by atoms with Crippen LogP contribution in [0.2, 0.25) is 0 Å². The fourth-order valence-electron chi connectivity index (χ4n) is 6.37. The molecular weight excluding hydrogens is 643 g/mol. The molecule has 0 saturated heterocycles. The number of carboxylic acids is 1. The molecule has 0 bridgehead atoms. The van der Waals surface area contributed by atoms with Gasteiger partial charge in [-0.1, -0.05) is 43.3 Å². The Morgan fingerprint density at radius 2 is 1.63 bits per heavy atom. The third-order valence-electron chi connectivity index (χ3n) is 8.49. The number of fused-ring (bicyclic) bond motifs is 2. The number of benzene rings is 4. The minimum atomic E-state index is -1.72. The predicted octanol–water partition coefficient (Wildman–Crippen LogP) is 1.21. The summed E-state index contributed by atoms with van der Waals surface area (Å²) < 4.78 is 39.3. The monoisotopic (exact) mass is 676 g/mol. The van der Waals surface area contributed by atoms with Gasteiger partial charge in [-0.2, -0.15) is 0 Å². The first kappa shape index (κ1) is 35.7. The van der Waals surface area contributed by atoms with Gasteiger partial charge in [0.1, 0.15) is 17.2 Å². The molecule has 0 fully saturated rings. The van der Waals surface area contributed by atoms with E-state index in [0.29, 0.717) is 46.3 Å². The minimum absolute atomic E-state index is 0. The second-order valence-electron chi connectivity index (χ2n) is 11.2. The molecule has 3 atom stereocenters. The van der Waals surface area contributed by atoms with Crippen LogP contribution < -0.4 is 58.3 Å². The summed E-state index contributed by atoms with van der Waals surface area (Å²) >= 11 is 0. The summed E-state index contributed by atoms with van der Waals surface area (Å²) in [5.41, 5.74) is 1.02. The van der Waals surface area contributed by atoms with Crippen LogP contribution in [0.25, 0.3) is 0 Å². The maximum atomic E-state index is 13.2. The summed E-state index contributed by atoms with van der Waals surface area (Å²) in [7, 11) is 2.68. The zero-order valence-electron chi connectivity index (χ0n) is 27.6. The number of aliphatic carboxylic acids is 1. The van der Waals surface area contributed by atoms with E-state index in [1.54, 1.807) is 54.6 Å². The Bertz CT molecular complexity index is 1840. The molecule has 248 valence electrons. The number of carboxylic acid groups (broad SMARTS) is 1. The maximum absolute atomic E-state index is 13.2. The van der Waals surface area contributed by atoms with Crippen molar-refractivity contribution in [3.05, 3.63) is 113 Å². The quantitative estimate of drug-likeness (QED) is 0.0927. The standard InChI is InChI=1S/C37H34O11.Na/c1-4-16-44-26-12-13-27-23(17-26)18-29(33(38)39)37(27,24-10-15-30-32(19-24)46-21-45-30)28-14-11-25(42-2)20-31(28)47-36(43-3)35(41)48-34(40)22-8-6-5-7-9-22;/h5-15,17,19-20,29,36H,4,16,18,21H2,1-3H3,(H,38,39);/q;+1/p-1. The van der Waals surface area contributed by atoms with E-state index >= 15 is 0 Å². The Balaban J connectivity index is 0.00000468. The number of methoxy groups -OCH3 is 2. The molecule has 49 heavy (non-hydrogen) atoms. The molecule has 3 unspecified atom stereocenters. The molecule has 1 aliphatic carbocycles. The topological polar surface area (TPSA) is 139 Å². The number of carbonyl (C=O) groups is 3. The van der Waals surface area contributed by atoms with E-state index in [1.165, 1.54) is 32.4 Å². The molecule has 12 heteroatoms. The van der Waals surface area contributed by atoms with Crippen molar-refractivity contribution in [3.8, 4) is 28.7 Å². The number of esters is 2. The molecule has 11 nitrogen and oxygen atoms in total. The number of carbonyl (C=O) groups excluding carboxylic acids is 3. The van der Waals surface area contributed by atoms with Gasteiger partial charge in [-0.3, -0.25) is 0 Å². The fraction of sp³-hybridized carbons (Fsp3) is 0.270. The zero-order chi connectivity index (χ0) is 33.8. The van der Waals surface area contributed by atoms with Crippen molar-refractivity contribution < 1.29 is 82.2 Å². The second kappa shape index (κ2) is 15.3. The smallest absolute Gasteiger partial charge is 0.550 e. The SMILES string of the molecule is CCCOc1ccc2c(c1)CC(C(=O)[O-])C2(c1ccc2c(c1)OCO2)c1ccc(OC)cc1OC(OC)C(=O)OC(=O)c1ccccc1.[Na+]. The fourth-order valence-corrected chi connectivity index (χ4v) is 6.37. The van der Waals surface area contributed by atoms with Gasteiger partial charge in [-0.15, -0.1) is 0 Å². The molecule has 4 aromatic carbocycles. The molecule has 0 N–H and O–H groups in total. The Morgan fingerprint density at radius 3 is 2.35 bits per heavy atom. The van der Waals surface area contributed by atoms with Crippen molar-refractivity contribution in [2.45, 2.75) is 31.5 Å². The minimum Gasteiger partial charge on any atom is -0.550 e. The predicted molar refractivity (Wildman–Crippen MR) is 168 cm³/mol. The number of hydrogen-bond acceptors (Lipinski definition) is 11. The van der Waals surface area contributed by atoms with Crippen LogP contribution in [-0.4, -0.2) is 51.8 Å². The van der Waals surface area contributed by atoms with Crippen LogP contribution in [0.4, 0.5) is 0 Å². The zero-order valence-corrected chi connectivity index (χ0v) is 29.6. The maximum Gasteiger partial charge on any atom is 1.00 e. The molecule has 0 aromatic heterocycles. The van der Waals surface area contributed by atoms with E-state index in [4.69, 9.17) is 33.2 Å². The molecule has 0 amide bonds. The molecular formula is C37H33NaO11. The van der Waals surface area contributed by atoms with Gasteiger partial charge in [0.25, 0.3) is 6.29 Å². The van der Waals surface area contributed by atoms with E-state index < -0.39 is 35.5 Å². The molecule has 1 aliphatic heterocycles. The Morgan fingerprint density at radius 1 is 0.898 bits per heavy atom.